The van der Waals surface area contributed by atoms with E-state index in [1.165, 1.54) is 43.6 Å². The Labute approximate surface area is 103 Å². The highest BCUT2D eigenvalue weighted by atomic mass is 32.1. The summed E-state index contributed by atoms with van der Waals surface area (Å²) in [6.07, 6.45) is 2.77. The number of likely N-dealkylation sites (tertiary alicyclic amines) is 1. The maximum absolute atomic E-state index is 3.62. The van der Waals surface area contributed by atoms with Gasteiger partial charge in [0.1, 0.15) is 0 Å². The summed E-state index contributed by atoms with van der Waals surface area (Å²) in [6, 6.07) is 0.595. The maximum Gasteiger partial charge on any atom is 0.0219 e. The summed E-state index contributed by atoms with van der Waals surface area (Å²) >= 11 is 1.80. The Balaban J connectivity index is 1.71. The fraction of sp³-hybridized carbons (Fsp3) is 0.692. The lowest BCUT2D eigenvalue weighted by molar-refractivity contribution is 0.298. The molecule has 1 fully saturated rings. The summed E-state index contributed by atoms with van der Waals surface area (Å²) in [5, 5.41) is 8.10. The van der Waals surface area contributed by atoms with Crippen LogP contribution in [-0.2, 0) is 6.54 Å². The summed E-state index contributed by atoms with van der Waals surface area (Å²) in [6.45, 7) is 9.29. The van der Waals surface area contributed by atoms with Crippen molar-refractivity contribution in [3.05, 3.63) is 21.9 Å². The highest BCUT2D eigenvalue weighted by Crippen LogP contribution is 2.13. The second-order valence-corrected chi connectivity index (χ2v) is 5.61. The summed E-state index contributed by atoms with van der Waals surface area (Å²) in [7, 11) is 0. The van der Waals surface area contributed by atoms with Gasteiger partial charge < -0.3 is 10.2 Å². The van der Waals surface area contributed by atoms with E-state index in [4.69, 9.17) is 0 Å². The number of nitrogens with zero attached hydrogens (tertiary/aromatic N) is 1. The number of aryl methyl sites for hydroxylation is 1. The van der Waals surface area contributed by atoms with Crippen LogP contribution in [0.5, 0.6) is 0 Å². The molecule has 1 N–H and O–H groups in total. The third-order valence-corrected chi connectivity index (χ3v) is 4.24. The Morgan fingerprint density at radius 3 is 2.75 bits per heavy atom. The minimum absolute atomic E-state index is 0.595. The van der Waals surface area contributed by atoms with Crippen molar-refractivity contribution in [1.82, 2.24) is 10.2 Å². The smallest absolute Gasteiger partial charge is 0.0219 e. The van der Waals surface area contributed by atoms with Crippen molar-refractivity contribution in [3.63, 3.8) is 0 Å². The van der Waals surface area contributed by atoms with Crippen molar-refractivity contribution >= 4 is 11.3 Å². The van der Waals surface area contributed by atoms with E-state index in [2.05, 4.69) is 34.8 Å². The quantitative estimate of drug-likeness (QED) is 0.848. The molecule has 3 heteroatoms. The highest BCUT2D eigenvalue weighted by molar-refractivity contribution is 7.08. The molecule has 1 aromatic rings. The Kier molecular flexibility index (Phi) is 4.38. The second kappa shape index (κ2) is 5.80. The van der Waals surface area contributed by atoms with Gasteiger partial charge in [0.2, 0.25) is 0 Å². The maximum atomic E-state index is 3.62. The van der Waals surface area contributed by atoms with Gasteiger partial charge in [0.15, 0.2) is 0 Å². The molecule has 1 atom stereocenters. The lowest BCUT2D eigenvalue weighted by atomic mass is 10.2. The van der Waals surface area contributed by atoms with Gasteiger partial charge in [0.05, 0.1) is 0 Å². The van der Waals surface area contributed by atoms with Gasteiger partial charge in [0, 0.05) is 19.1 Å². The molecule has 1 unspecified atom stereocenters. The van der Waals surface area contributed by atoms with Gasteiger partial charge in [-0.1, -0.05) is 0 Å². The van der Waals surface area contributed by atoms with E-state index >= 15 is 0 Å². The van der Waals surface area contributed by atoms with Crippen molar-refractivity contribution in [2.24, 2.45) is 0 Å². The molecule has 16 heavy (non-hydrogen) atoms. The van der Waals surface area contributed by atoms with Crippen LogP contribution in [0, 0.1) is 6.92 Å². The molecule has 2 nitrogen and oxygen atoms in total. The van der Waals surface area contributed by atoms with E-state index in [0.717, 1.165) is 6.54 Å². The van der Waals surface area contributed by atoms with Gasteiger partial charge in [-0.3, -0.25) is 0 Å². The predicted octanol–water partition coefficient (Wildman–Crippen LogP) is 2.63. The molecule has 1 saturated heterocycles. The highest BCUT2D eigenvalue weighted by Gasteiger charge is 2.14. The van der Waals surface area contributed by atoms with E-state index < -0.39 is 0 Å². The molecule has 90 valence electrons. The van der Waals surface area contributed by atoms with Crippen molar-refractivity contribution in [3.8, 4) is 0 Å². The summed E-state index contributed by atoms with van der Waals surface area (Å²) < 4.78 is 0. The zero-order chi connectivity index (χ0) is 11.4. The van der Waals surface area contributed by atoms with E-state index in [9.17, 15) is 0 Å². The Bertz CT molecular complexity index is 315. The molecule has 0 aromatic carbocycles. The Hall–Kier alpha value is -0.380. The van der Waals surface area contributed by atoms with Crippen LogP contribution in [0.15, 0.2) is 10.8 Å². The molecule has 0 bridgehead atoms. The minimum Gasteiger partial charge on any atom is -0.309 e. The number of nitrogens with one attached hydrogen (secondary N) is 1. The fourth-order valence-corrected chi connectivity index (χ4v) is 3.13. The molecule has 1 aromatic heterocycles. The molecule has 2 rings (SSSR count). The van der Waals surface area contributed by atoms with E-state index in [0.29, 0.717) is 6.04 Å². The third kappa shape index (κ3) is 3.30. The van der Waals surface area contributed by atoms with Gasteiger partial charge in [-0.05, 0) is 61.7 Å². The van der Waals surface area contributed by atoms with Crippen LogP contribution in [0.1, 0.15) is 30.9 Å². The molecule has 1 aliphatic heterocycles. The molecular formula is C13H22N2S. The fourth-order valence-electron chi connectivity index (χ4n) is 2.27. The van der Waals surface area contributed by atoms with Crippen LogP contribution in [0.4, 0.5) is 0 Å². The van der Waals surface area contributed by atoms with E-state index in [-0.39, 0.29) is 0 Å². The summed E-state index contributed by atoms with van der Waals surface area (Å²) in [4.78, 5) is 2.57. The first-order valence-corrected chi connectivity index (χ1v) is 7.17. The van der Waals surface area contributed by atoms with Crippen LogP contribution in [0.3, 0.4) is 0 Å². The van der Waals surface area contributed by atoms with Gasteiger partial charge in [0.25, 0.3) is 0 Å². The molecule has 0 amide bonds. The van der Waals surface area contributed by atoms with Gasteiger partial charge >= 0.3 is 0 Å². The first-order valence-electron chi connectivity index (χ1n) is 6.23. The van der Waals surface area contributed by atoms with E-state index in [1.807, 2.05) is 0 Å². The standard InChI is InChI=1S/C13H22N2S/c1-11-9-16-10-13(11)7-14-12(2)8-15-5-3-4-6-15/h9-10,12,14H,3-8H2,1-2H3. The summed E-state index contributed by atoms with van der Waals surface area (Å²) in [5.74, 6) is 0. The first-order chi connectivity index (χ1) is 7.75. The first kappa shape index (κ1) is 12.1. The minimum atomic E-state index is 0.595. The summed E-state index contributed by atoms with van der Waals surface area (Å²) in [5.41, 5.74) is 2.88. The largest absolute Gasteiger partial charge is 0.309 e. The second-order valence-electron chi connectivity index (χ2n) is 4.87. The van der Waals surface area contributed by atoms with Crippen LogP contribution in [0.25, 0.3) is 0 Å². The third-order valence-electron chi connectivity index (χ3n) is 3.33. The number of hydrogen-bond donors (Lipinski definition) is 1. The normalized spacial score (nSPS) is 19.1. The van der Waals surface area contributed by atoms with Crippen molar-refractivity contribution in [2.75, 3.05) is 19.6 Å². The van der Waals surface area contributed by atoms with Crippen molar-refractivity contribution in [2.45, 2.75) is 39.3 Å². The average molecular weight is 238 g/mol. The lowest BCUT2D eigenvalue weighted by Gasteiger charge is -2.21. The number of rotatable bonds is 5. The van der Waals surface area contributed by atoms with Gasteiger partial charge in [-0.15, -0.1) is 0 Å². The van der Waals surface area contributed by atoms with Crippen LogP contribution >= 0.6 is 11.3 Å². The lowest BCUT2D eigenvalue weighted by Crippen LogP contribution is -2.37. The van der Waals surface area contributed by atoms with Crippen LogP contribution in [-0.4, -0.2) is 30.6 Å². The predicted molar refractivity (Wildman–Crippen MR) is 71.0 cm³/mol. The zero-order valence-electron chi connectivity index (χ0n) is 10.3. The van der Waals surface area contributed by atoms with Crippen molar-refractivity contribution in [1.29, 1.82) is 0 Å². The van der Waals surface area contributed by atoms with Gasteiger partial charge in [-0.25, -0.2) is 0 Å². The van der Waals surface area contributed by atoms with Gasteiger partial charge in [-0.2, -0.15) is 11.3 Å². The monoisotopic (exact) mass is 238 g/mol. The van der Waals surface area contributed by atoms with Crippen LogP contribution in [0.2, 0.25) is 0 Å². The number of thiophene rings is 1. The zero-order valence-corrected chi connectivity index (χ0v) is 11.1. The molecule has 0 radical (unpaired) electrons. The van der Waals surface area contributed by atoms with E-state index in [1.54, 1.807) is 11.3 Å². The molecule has 0 saturated carbocycles. The average Bonchev–Trinajstić information content (AvgIpc) is 2.87. The molecule has 0 spiro atoms. The molecule has 2 heterocycles. The van der Waals surface area contributed by atoms with Crippen molar-refractivity contribution < 1.29 is 0 Å². The molecule has 0 aliphatic carbocycles. The SMILES string of the molecule is Cc1cscc1CNC(C)CN1CCCC1. The van der Waals surface area contributed by atoms with Crippen LogP contribution < -0.4 is 5.32 Å². The Morgan fingerprint density at radius 2 is 2.12 bits per heavy atom. The Morgan fingerprint density at radius 1 is 1.38 bits per heavy atom. The molecular weight excluding hydrogens is 216 g/mol. The number of hydrogen-bond acceptors (Lipinski definition) is 3. The molecule has 1 aliphatic rings. The topological polar surface area (TPSA) is 15.3 Å².